The SMILES string of the molecule is O=C(Nc1cccc(OCC(=O)N2CCCC2)c1)c1ccc2c(c1)CCO2. The van der Waals surface area contributed by atoms with Crippen molar-refractivity contribution in [2.75, 3.05) is 31.6 Å². The second-order valence-corrected chi connectivity index (χ2v) is 6.78. The van der Waals surface area contributed by atoms with E-state index in [1.165, 1.54) is 0 Å². The monoisotopic (exact) mass is 366 g/mol. The van der Waals surface area contributed by atoms with Crippen LogP contribution in [0, 0.1) is 0 Å². The summed E-state index contributed by atoms with van der Waals surface area (Å²) < 4.78 is 11.1. The fraction of sp³-hybridized carbons (Fsp3) is 0.333. The molecule has 2 aromatic carbocycles. The van der Waals surface area contributed by atoms with Crippen LogP contribution in [0.15, 0.2) is 42.5 Å². The van der Waals surface area contributed by atoms with Crippen molar-refractivity contribution in [1.29, 1.82) is 0 Å². The second-order valence-electron chi connectivity index (χ2n) is 6.78. The largest absolute Gasteiger partial charge is 0.493 e. The molecule has 0 bridgehead atoms. The maximum Gasteiger partial charge on any atom is 0.260 e. The molecule has 2 aromatic rings. The van der Waals surface area contributed by atoms with Crippen molar-refractivity contribution >= 4 is 17.5 Å². The molecule has 0 unspecified atom stereocenters. The summed E-state index contributed by atoms with van der Waals surface area (Å²) in [6.45, 7) is 2.30. The minimum Gasteiger partial charge on any atom is -0.493 e. The Morgan fingerprint density at radius 2 is 1.96 bits per heavy atom. The highest BCUT2D eigenvalue weighted by atomic mass is 16.5. The van der Waals surface area contributed by atoms with Crippen LogP contribution in [0.5, 0.6) is 11.5 Å². The van der Waals surface area contributed by atoms with E-state index in [4.69, 9.17) is 9.47 Å². The van der Waals surface area contributed by atoms with Crippen LogP contribution in [0.25, 0.3) is 0 Å². The molecule has 0 saturated carbocycles. The molecule has 140 valence electrons. The smallest absolute Gasteiger partial charge is 0.260 e. The summed E-state index contributed by atoms with van der Waals surface area (Å²) in [4.78, 5) is 26.4. The molecule has 4 rings (SSSR count). The van der Waals surface area contributed by atoms with Gasteiger partial charge in [-0.3, -0.25) is 9.59 Å². The van der Waals surface area contributed by atoms with Gasteiger partial charge < -0.3 is 19.7 Å². The van der Waals surface area contributed by atoms with Gasteiger partial charge in [0, 0.05) is 36.8 Å². The third-order valence-electron chi connectivity index (χ3n) is 4.86. The van der Waals surface area contributed by atoms with E-state index in [2.05, 4.69) is 5.32 Å². The van der Waals surface area contributed by atoms with E-state index in [0.717, 1.165) is 43.7 Å². The number of fused-ring (bicyclic) bond motifs is 1. The Labute approximate surface area is 158 Å². The molecule has 1 fully saturated rings. The van der Waals surface area contributed by atoms with Gasteiger partial charge in [-0.1, -0.05) is 6.07 Å². The molecule has 0 aromatic heterocycles. The number of anilines is 1. The number of amides is 2. The van der Waals surface area contributed by atoms with Crippen molar-refractivity contribution in [2.45, 2.75) is 19.3 Å². The Bertz CT molecular complexity index is 859. The third-order valence-corrected chi connectivity index (χ3v) is 4.86. The van der Waals surface area contributed by atoms with Crippen molar-refractivity contribution in [3.05, 3.63) is 53.6 Å². The zero-order chi connectivity index (χ0) is 18.6. The predicted octanol–water partition coefficient (Wildman–Crippen LogP) is 2.88. The van der Waals surface area contributed by atoms with Crippen LogP contribution in [0.4, 0.5) is 5.69 Å². The highest BCUT2D eigenvalue weighted by molar-refractivity contribution is 6.04. The highest BCUT2D eigenvalue weighted by Crippen LogP contribution is 2.26. The Kier molecular flexibility index (Phi) is 4.96. The number of ether oxygens (including phenoxy) is 2. The lowest BCUT2D eigenvalue weighted by atomic mass is 10.1. The van der Waals surface area contributed by atoms with E-state index >= 15 is 0 Å². The van der Waals surface area contributed by atoms with E-state index in [1.807, 2.05) is 17.0 Å². The van der Waals surface area contributed by atoms with Gasteiger partial charge in [-0.25, -0.2) is 0 Å². The van der Waals surface area contributed by atoms with Gasteiger partial charge in [-0.15, -0.1) is 0 Å². The number of carbonyl (C=O) groups excluding carboxylic acids is 2. The highest BCUT2D eigenvalue weighted by Gasteiger charge is 2.18. The van der Waals surface area contributed by atoms with Crippen LogP contribution in [0.3, 0.4) is 0 Å². The van der Waals surface area contributed by atoms with Gasteiger partial charge in [-0.2, -0.15) is 0 Å². The zero-order valence-corrected chi connectivity index (χ0v) is 15.1. The summed E-state index contributed by atoms with van der Waals surface area (Å²) in [5.41, 5.74) is 2.28. The number of carbonyl (C=O) groups is 2. The lowest BCUT2D eigenvalue weighted by molar-refractivity contribution is -0.132. The normalized spacial score (nSPS) is 15.2. The maximum atomic E-state index is 12.5. The molecule has 2 aliphatic rings. The first kappa shape index (κ1) is 17.4. The number of rotatable bonds is 5. The van der Waals surface area contributed by atoms with E-state index in [-0.39, 0.29) is 18.4 Å². The summed E-state index contributed by atoms with van der Waals surface area (Å²) in [5.74, 6) is 1.23. The van der Waals surface area contributed by atoms with Gasteiger partial charge in [0.2, 0.25) is 0 Å². The zero-order valence-electron chi connectivity index (χ0n) is 15.1. The molecular formula is C21H22N2O4. The van der Waals surface area contributed by atoms with Crippen molar-refractivity contribution in [3.8, 4) is 11.5 Å². The molecule has 2 heterocycles. The van der Waals surface area contributed by atoms with Gasteiger partial charge >= 0.3 is 0 Å². The van der Waals surface area contributed by atoms with Crippen molar-refractivity contribution in [3.63, 3.8) is 0 Å². The molecule has 0 spiro atoms. The number of nitrogens with one attached hydrogen (secondary N) is 1. The average Bonchev–Trinajstić information content (AvgIpc) is 3.37. The molecule has 0 aliphatic carbocycles. The van der Waals surface area contributed by atoms with Crippen LogP contribution in [-0.4, -0.2) is 43.0 Å². The van der Waals surface area contributed by atoms with Crippen LogP contribution in [0.1, 0.15) is 28.8 Å². The van der Waals surface area contributed by atoms with Crippen LogP contribution < -0.4 is 14.8 Å². The Morgan fingerprint density at radius 3 is 2.81 bits per heavy atom. The lowest BCUT2D eigenvalue weighted by Crippen LogP contribution is -2.32. The average molecular weight is 366 g/mol. The lowest BCUT2D eigenvalue weighted by Gasteiger charge is -2.15. The standard InChI is InChI=1S/C21H22N2O4/c24-20(23-9-1-2-10-23)14-27-18-5-3-4-17(13-18)22-21(25)16-6-7-19-15(12-16)8-11-26-19/h3-7,12-13H,1-2,8-11,14H2,(H,22,25). The van der Waals surface area contributed by atoms with E-state index < -0.39 is 0 Å². The first-order valence-corrected chi connectivity index (χ1v) is 9.27. The van der Waals surface area contributed by atoms with Crippen LogP contribution in [0.2, 0.25) is 0 Å². The Hall–Kier alpha value is -3.02. The summed E-state index contributed by atoms with van der Waals surface area (Å²) in [6, 6.07) is 12.6. The first-order chi connectivity index (χ1) is 13.2. The van der Waals surface area contributed by atoms with Gasteiger partial charge in [0.05, 0.1) is 6.61 Å². The minimum atomic E-state index is -0.185. The van der Waals surface area contributed by atoms with Crippen molar-refractivity contribution < 1.29 is 19.1 Å². The molecule has 0 radical (unpaired) electrons. The molecule has 2 amide bonds. The first-order valence-electron chi connectivity index (χ1n) is 9.27. The predicted molar refractivity (Wildman–Crippen MR) is 101 cm³/mol. The number of benzene rings is 2. The number of hydrogen-bond donors (Lipinski definition) is 1. The quantitative estimate of drug-likeness (QED) is 0.884. The van der Waals surface area contributed by atoms with Gasteiger partial charge in [0.15, 0.2) is 6.61 Å². The fourth-order valence-corrected chi connectivity index (χ4v) is 3.40. The fourth-order valence-electron chi connectivity index (χ4n) is 3.40. The van der Waals surface area contributed by atoms with Gasteiger partial charge in [0.1, 0.15) is 11.5 Å². The van der Waals surface area contributed by atoms with E-state index in [1.54, 1.807) is 30.3 Å². The third kappa shape index (κ3) is 4.05. The number of nitrogens with zero attached hydrogens (tertiary/aromatic N) is 1. The van der Waals surface area contributed by atoms with Gasteiger partial charge in [0.25, 0.3) is 11.8 Å². The molecule has 1 N–H and O–H groups in total. The summed E-state index contributed by atoms with van der Waals surface area (Å²) in [7, 11) is 0. The van der Waals surface area contributed by atoms with E-state index in [9.17, 15) is 9.59 Å². The Balaban J connectivity index is 1.37. The molecule has 2 aliphatic heterocycles. The molecule has 1 saturated heterocycles. The van der Waals surface area contributed by atoms with Crippen molar-refractivity contribution in [2.24, 2.45) is 0 Å². The minimum absolute atomic E-state index is 0.00213. The Morgan fingerprint density at radius 1 is 1.11 bits per heavy atom. The van der Waals surface area contributed by atoms with Gasteiger partial charge in [-0.05, 0) is 48.7 Å². The molecule has 27 heavy (non-hydrogen) atoms. The topological polar surface area (TPSA) is 67.9 Å². The molecular weight excluding hydrogens is 344 g/mol. The summed E-state index contributed by atoms with van der Waals surface area (Å²) in [5, 5.41) is 2.88. The van der Waals surface area contributed by atoms with Crippen LogP contribution in [-0.2, 0) is 11.2 Å². The van der Waals surface area contributed by atoms with E-state index in [0.29, 0.717) is 23.6 Å². The maximum absolute atomic E-state index is 12.5. The molecule has 6 heteroatoms. The second kappa shape index (κ2) is 7.70. The van der Waals surface area contributed by atoms with Crippen LogP contribution >= 0.6 is 0 Å². The summed E-state index contributed by atoms with van der Waals surface area (Å²) >= 11 is 0. The number of likely N-dealkylation sites (tertiary alicyclic amines) is 1. The summed E-state index contributed by atoms with van der Waals surface area (Å²) in [6.07, 6.45) is 2.94. The molecule has 0 atom stereocenters. The molecule has 6 nitrogen and oxygen atoms in total. The van der Waals surface area contributed by atoms with Crippen molar-refractivity contribution in [1.82, 2.24) is 4.90 Å². The number of hydrogen-bond acceptors (Lipinski definition) is 4.